The first-order chi connectivity index (χ1) is 9.72. The number of likely N-dealkylation sites (tertiary alicyclic amines) is 1. The first-order valence-corrected chi connectivity index (χ1v) is 7.03. The zero-order valence-corrected chi connectivity index (χ0v) is 11.8. The Hall–Kier alpha value is -1.75. The van der Waals surface area contributed by atoms with E-state index in [4.69, 9.17) is 9.84 Å². The number of anilines is 1. The van der Waals surface area contributed by atoms with Crippen molar-refractivity contribution in [2.45, 2.75) is 19.3 Å². The van der Waals surface area contributed by atoms with Crippen LogP contribution < -0.4 is 10.1 Å². The standard InChI is InChI=1S/C15H22N2O3/c1-20-14-6-4-13(5-7-14)16-15(19)17-9-2-3-12(11-17)8-10-18/h4-7,12,18H,2-3,8-11H2,1H3,(H,16,19)/t12-/m1/s1. The smallest absolute Gasteiger partial charge is 0.321 e. The number of nitrogens with one attached hydrogen (secondary N) is 1. The van der Waals surface area contributed by atoms with Gasteiger partial charge in [0.2, 0.25) is 0 Å². The number of amides is 2. The maximum atomic E-state index is 12.2. The fraction of sp³-hybridized carbons (Fsp3) is 0.533. The largest absolute Gasteiger partial charge is 0.497 e. The Balaban J connectivity index is 1.89. The quantitative estimate of drug-likeness (QED) is 0.888. The molecule has 0 radical (unpaired) electrons. The number of carbonyl (C=O) groups excluding carboxylic acids is 1. The second kappa shape index (κ2) is 7.14. The predicted molar refractivity (Wildman–Crippen MR) is 78.0 cm³/mol. The highest BCUT2D eigenvalue weighted by Crippen LogP contribution is 2.21. The molecule has 20 heavy (non-hydrogen) atoms. The Morgan fingerprint density at radius 2 is 2.20 bits per heavy atom. The van der Waals surface area contributed by atoms with E-state index in [9.17, 15) is 4.79 Å². The van der Waals surface area contributed by atoms with E-state index in [1.165, 1.54) is 0 Å². The molecule has 0 bridgehead atoms. The topological polar surface area (TPSA) is 61.8 Å². The van der Waals surface area contributed by atoms with Gasteiger partial charge >= 0.3 is 6.03 Å². The summed E-state index contributed by atoms with van der Waals surface area (Å²) in [5, 5.41) is 11.9. The number of ether oxygens (including phenoxy) is 1. The molecule has 2 N–H and O–H groups in total. The van der Waals surface area contributed by atoms with Crippen LogP contribution in [-0.4, -0.2) is 42.8 Å². The number of hydrogen-bond donors (Lipinski definition) is 2. The van der Waals surface area contributed by atoms with Gasteiger partial charge in [0.15, 0.2) is 0 Å². The van der Waals surface area contributed by atoms with Crippen LogP contribution in [0, 0.1) is 5.92 Å². The van der Waals surface area contributed by atoms with Gasteiger partial charge in [0.25, 0.3) is 0 Å². The summed E-state index contributed by atoms with van der Waals surface area (Å²) in [5.41, 5.74) is 0.764. The SMILES string of the molecule is COc1ccc(NC(=O)N2CCC[C@H](CCO)C2)cc1. The van der Waals surface area contributed by atoms with Gasteiger partial charge in [-0.2, -0.15) is 0 Å². The van der Waals surface area contributed by atoms with E-state index < -0.39 is 0 Å². The van der Waals surface area contributed by atoms with Crippen molar-refractivity contribution in [2.75, 3.05) is 32.1 Å². The normalized spacial score (nSPS) is 18.7. The average molecular weight is 278 g/mol. The summed E-state index contributed by atoms with van der Waals surface area (Å²) >= 11 is 0. The minimum atomic E-state index is -0.0715. The Kier molecular flexibility index (Phi) is 5.24. The van der Waals surface area contributed by atoms with E-state index in [-0.39, 0.29) is 12.6 Å². The van der Waals surface area contributed by atoms with Crippen LogP contribution in [0.2, 0.25) is 0 Å². The van der Waals surface area contributed by atoms with Crippen LogP contribution >= 0.6 is 0 Å². The van der Waals surface area contributed by atoms with Crippen LogP contribution in [0.5, 0.6) is 5.75 Å². The fourth-order valence-electron chi connectivity index (χ4n) is 2.54. The van der Waals surface area contributed by atoms with Gasteiger partial charge in [0.05, 0.1) is 7.11 Å². The molecule has 0 unspecified atom stereocenters. The van der Waals surface area contributed by atoms with Gasteiger partial charge in [0.1, 0.15) is 5.75 Å². The molecule has 1 aliphatic rings. The molecule has 0 aromatic heterocycles. The summed E-state index contributed by atoms with van der Waals surface area (Å²) in [4.78, 5) is 14.0. The van der Waals surface area contributed by atoms with E-state index in [1.807, 2.05) is 29.2 Å². The Morgan fingerprint density at radius 1 is 1.45 bits per heavy atom. The number of aliphatic hydroxyl groups excluding tert-OH is 1. The van der Waals surface area contributed by atoms with Gasteiger partial charge in [-0.3, -0.25) is 0 Å². The second-order valence-electron chi connectivity index (χ2n) is 5.13. The molecule has 1 atom stereocenters. The van der Waals surface area contributed by atoms with Crippen LogP contribution in [0.4, 0.5) is 10.5 Å². The van der Waals surface area contributed by atoms with Crippen molar-refractivity contribution < 1.29 is 14.6 Å². The lowest BCUT2D eigenvalue weighted by molar-refractivity contribution is 0.159. The lowest BCUT2D eigenvalue weighted by Crippen LogP contribution is -2.42. The molecule has 5 nitrogen and oxygen atoms in total. The van der Waals surface area contributed by atoms with E-state index in [0.29, 0.717) is 5.92 Å². The van der Waals surface area contributed by atoms with E-state index >= 15 is 0 Å². The lowest BCUT2D eigenvalue weighted by atomic mass is 9.95. The number of aliphatic hydroxyl groups is 1. The van der Waals surface area contributed by atoms with Crippen LogP contribution in [-0.2, 0) is 0 Å². The molecule has 1 fully saturated rings. The fourth-order valence-corrected chi connectivity index (χ4v) is 2.54. The Bertz CT molecular complexity index is 431. The van der Waals surface area contributed by atoms with Gasteiger partial charge in [-0.25, -0.2) is 4.79 Å². The molecule has 1 aliphatic heterocycles. The third kappa shape index (κ3) is 3.87. The molecule has 1 aromatic rings. The van der Waals surface area contributed by atoms with Crippen molar-refractivity contribution >= 4 is 11.7 Å². The number of nitrogens with zero attached hydrogens (tertiary/aromatic N) is 1. The van der Waals surface area contributed by atoms with Gasteiger partial charge in [-0.1, -0.05) is 0 Å². The van der Waals surface area contributed by atoms with Crippen LogP contribution in [0.25, 0.3) is 0 Å². The Morgan fingerprint density at radius 3 is 2.85 bits per heavy atom. The molecular weight excluding hydrogens is 256 g/mol. The lowest BCUT2D eigenvalue weighted by Gasteiger charge is -2.32. The maximum Gasteiger partial charge on any atom is 0.321 e. The molecule has 2 amide bonds. The van der Waals surface area contributed by atoms with Crippen molar-refractivity contribution in [1.82, 2.24) is 4.90 Å². The average Bonchev–Trinajstić information content (AvgIpc) is 2.48. The molecule has 1 heterocycles. The van der Waals surface area contributed by atoms with Crippen LogP contribution in [0.15, 0.2) is 24.3 Å². The zero-order valence-electron chi connectivity index (χ0n) is 11.8. The van der Waals surface area contributed by atoms with Crippen molar-refractivity contribution in [3.05, 3.63) is 24.3 Å². The monoisotopic (exact) mass is 278 g/mol. The predicted octanol–water partition coefficient (Wildman–Crippen LogP) is 2.32. The molecule has 2 rings (SSSR count). The summed E-state index contributed by atoms with van der Waals surface area (Å²) < 4.78 is 5.08. The third-order valence-electron chi connectivity index (χ3n) is 3.68. The summed E-state index contributed by atoms with van der Waals surface area (Å²) in [6, 6.07) is 7.22. The highest BCUT2D eigenvalue weighted by Gasteiger charge is 2.23. The summed E-state index contributed by atoms with van der Waals surface area (Å²) in [7, 11) is 1.61. The van der Waals surface area contributed by atoms with E-state index in [2.05, 4.69) is 5.32 Å². The van der Waals surface area contributed by atoms with Gasteiger partial charge < -0.3 is 20.1 Å². The van der Waals surface area contributed by atoms with Gasteiger partial charge in [0, 0.05) is 25.4 Å². The van der Waals surface area contributed by atoms with Gasteiger partial charge in [-0.05, 0) is 49.4 Å². The van der Waals surface area contributed by atoms with Crippen LogP contribution in [0.3, 0.4) is 0 Å². The van der Waals surface area contributed by atoms with Crippen molar-refractivity contribution in [3.63, 3.8) is 0 Å². The first kappa shape index (κ1) is 14.7. The molecule has 1 aromatic carbocycles. The second-order valence-corrected chi connectivity index (χ2v) is 5.13. The van der Waals surface area contributed by atoms with Crippen LogP contribution in [0.1, 0.15) is 19.3 Å². The molecule has 0 spiro atoms. The number of carbonyl (C=O) groups is 1. The number of piperidine rings is 1. The number of rotatable bonds is 4. The minimum Gasteiger partial charge on any atom is -0.497 e. The maximum absolute atomic E-state index is 12.2. The molecule has 110 valence electrons. The molecule has 5 heteroatoms. The molecule has 0 saturated carbocycles. The molecule has 1 saturated heterocycles. The highest BCUT2D eigenvalue weighted by atomic mass is 16.5. The number of methoxy groups -OCH3 is 1. The first-order valence-electron chi connectivity index (χ1n) is 7.03. The number of benzene rings is 1. The Labute approximate surface area is 119 Å². The summed E-state index contributed by atoms with van der Waals surface area (Å²) in [5.74, 6) is 1.18. The minimum absolute atomic E-state index is 0.0715. The van der Waals surface area contributed by atoms with E-state index in [0.717, 1.165) is 43.8 Å². The highest BCUT2D eigenvalue weighted by molar-refractivity contribution is 5.89. The van der Waals surface area contributed by atoms with Crippen molar-refractivity contribution in [2.24, 2.45) is 5.92 Å². The molecular formula is C15H22N2O3. The number of urea groups is 1. The number of hydrogen-bond acceptors (Lipinski definition) is 3. The van der Waals surface area contributed by atoms with Crippen molar-refractivity contribution in [3.8, 4) is 5.75 Å². The third-order valence-corrected chi connectivity index (χ3v) is 3.68. The van der Waals surface area contributed by atoms with Crippen molar-refractivity contribution in [1.29, 1.82) is 0 Å². The van der Waals surface area contributed by atoms with Gasteiger partial charge in [-0.15, -0.1) is 0 Å². The summed E-state index contributed by atoms with van der Waals surface area (Å²) in [6.07, 6.45) is 2.86. The summed E-state index contributed by atoms with van der Waals surface area (Å²) in [6.45, 7) is 1.70. The zero-order chi connectivity index (χ0) is 14.4. The van der Waals surface area contributed by atoms with E-state index in [1.54, 1.807) is 7.11 Å². The molecule has 0 aliphatic carbocycles.